The van der Waals surface area contributed by atoms with Gasteiger partial charge in [0.25, 0.3) is 11.8 Å². The van der Waals surface area contributed by atoms with Crippen LogP contribution in [-0.4, -0.2) is 22.9 Å². The number of benzene rings is 3. The van der Waals surface area contributed by atoms with E-state index in [2.05, 4.69) is 16.0 Å². The van der Waals surface area contributed by atoms with Crippen LogP contribution in [-0.2, 0) is 6.42 Å². The number of fused-ring (bicyclic) bond motifs is 3. The molecule has 5 nitrogen and oxygen atoms in total. The van der Waals surface area contributed by atoms with E-state index >= 15 is 0 Å². The minimum absolute atomic E-state index is 0.0850. The van der Waals surface area contributed by atoms with Crippen LogP contribution in [0.5, 0.6) is 0 Å². The number of halogens is 4. The summed E-state index contributed by atoms with van der Waals surface area (Å²) < 4.78 is 2.10. The van der Waals surface area contributed by atoms with Gasteiger partial charge in [-0.3, -0.25) is 9.59 Å². The van der Waals surface area contributed by atoms with E-state index in [-0.39, 0.29) is 31.6 Å². The van der Waals surface area contributed by atoms with E-state index < -0.39 is 5.91 Å². The Morgan fingerprint density at radius 3 is 2.37 bits per heavy atom. The van der Waals surface area contributed by atoms with E-state index in [0.717, 1.165) is 17.1 Å². The number of carbonyl (C=O) groups excluding carboxylic acids is 2. The average Bonchev–Trinajstić information content (AvgIpc) is 3.25. The first kappa shape index (κ1) is 23.8. The monoisotopic (exact) mass is 543 g/mol. The van der Waals surface area contributed by atoms with Gasteiger partial charge in [-0.25, -0.2) is 0 Å². The Hall–Kier alpha value is -2.96. The number of hydrogen-bond acceptors (Lipinski definition) is 2. The first-order valence-corrected chi connectivity index (χ1v) is 12.2. The van der Waals surface area contributed by atoms with Crippen molar-refractivity contribution in [2.75, 3.05) is 16.8 Å². The van der Waals surface area contributed by atoms with Gasteiger partial charge in [0.1, 0.15) is 0 Å². The number of amides is 2. The topological polar surface area (TPSA) is 54.3 Å². The normalized spacial score (nSPS) is 12.5. The van der Waals surface area contributed by atoms with Crippen LogP contribution in [0.3, 0.4) is 0 Å². The van der Waals surface area contributed by atoms with Gasteiger partial charge in [0.15, 0.2) is 0 Å². The van der Waals surface area contributed by atoms with E-state index in [0.29, 0.717) is 24.2 Å². The molecule has 4 aromatic rings. The van der Waals surface area contributed by atoms with Crippen molar-refractivity contribution in [2.24, 2.45) is 0 Å². The SMILES string of the molecule is O=C(Nc1ccc(C(=O)N2CCc3cccn3-c3ccccc32)cc1Cl)c1cc(Cl)cc(Cl)c1Cl. The molecule has 2 heterocycles. The maximum Gasteiger partial charge on any atom is 0.258 e. The standard InChI is InChI=1S/C26H17Cl4N3O2/c27-16-13-18(24(30)20(29)14-16)25(34)31-21-8-7-15(12-19(21)28)26(35)33-11-9-17-4-3-10-32(17)22-5-1-2-6-23(22)33/h1-8,10,12-14H,9,11H2,(H,31,34). The lowest BCUT2D eigenvalue weighted by Crippen LogP contribution is -2.32. The first-order chi connectivity index (χ1) is 16.8. The van der Waals surface area contributed by atoms with E-state index in [4.69, 9.17) is 46.4 Å². The third kappa shape index (κ3) is 4.53. The Labute approximate surface area is 221 Å². The molecule has 0 radical (unpaired) electrons. The molecule has 0 bridgehead atoms. The van der Waals surface area contributed by atoms with E-state index in [1.807, 2.05) is 36.5 Å². The summed E-state index contributed by atoms with van der Waals surface area (Å²) in [5.74, 6) is -0.712. The number of nitrogens with one attached hydrogen (secondary N) is 1. The van der Waals surface area contributed by atoms with Crippen molar-refractivity contribution in [1.82, 2.24) is 4.57 Å². The van der Waals surface area contributed by atoms with Crippen molar-refractivity contribution in [3.05, 3.63) is 110 Å². The summed E-state index contributed by atoms with van der Waals surface area (Å²) in [5.41, 5.74) is 3.72. The van der Waals surface area contributed by atoms with Crippen molar-refractivity contribution in [3.8, 4) is 5.69 Å². The van der Waals surface area contributed by atoms with Gasteiger partial charge in [0.05, 0.1) is 37.7 Å². The number of aromatic nitrogens is 1. The fourth-order valence-corrected chi connectivity index (χ4v) is 5.04. The lowest BCUT2D eigenvalue weighted by Gasteiger charge is -2.23. The molecule has 0 unspecified atom stereocenters. The second kappa shape index (κ2) is 9.59. The Morgan fingerprint density at radius 1 is 0.829 bits per heavy atom. The molecule has 0 fully saturated rings. The van der Waals surface area contributed by atoms with Crippen LogP contribution < -0.4 is 10.2 Å². The fraction of sp³-hybridized carbons (Fsp3) is 0.0769. The molecule has 1 aliphatic rings. The van der Waals surface area contributed by atoms with Gasteiger partial charge in [-0.2, -0.15) is 0 Å². The molecule has 1 aromatic heterocycles. The molecule has 3 aromatic carbocycles. The molecule has 0 aliphatic carbocycles. The average molecular weight is 545 g/mol. The fourth-order valence-electron chi connectivity index (χ4n) is 4.13. The van der Waals surface area contributed by atoms with Crippen molar-refractivity contribution in [1.29, 1.82) is 0 Å². The Kier molecular flexibility index (Phi) is 6.51. The third-order valence-corrected chi connectivity index (χ3v) is 7.14. The smallest absolute Gasteiger partial charge is 0.258 e. The summed E-state index contributed by atoms with van der Waals surface area (Å²) in [6.45, 7) is 0.518. The molecule has 35 heavy (non-hydrogen) atoms. The van der Waals surface area contributed by atoms with Gasteiger partial charge < -0.3 is 14.8 Å². The molecule has 0 atom stereocenters. The van der Waals surface area contributed by atoms with E-state index in [1.54, 1.807) is 23.1 Å². The molecule has 0 saturated carbocycles. The molecular formula is C26H17Cl4N3O2. The summed E-state index contributed by atoms with van der Waals surface area (Å²) in [4.78, 5) is 28.1. The number of rotatable bonds is 3. The molecule has 2 amide bonds. The zero-order valence-corrected chi connectivity index (χ0v) is 21.1. The van der Waals surface area contributed by atoms with Gasteiger partial charge >= 0.3 is 0 Å². The number of nitrogens with zero attached hydrogens (tertiary/aromatic N) is 2. The van der Waals surface area contributed by atoms with Crippen molar-refractivity contribution < 1.29 is 9.59 Å². The highest BCUT2D eigenvalue weighted by molar-refractivity contribution is 6.45. The second-order valence-corrected chi connectivity index (χ2v) is 9.59. The van der Waals surface area contributed by atoms with Crippen LogP contribution in [0.2, 0.25) is 20.1 Å². The highest BCUT2D eigenvalue weighted by Gasteiger charge is 2.25. The summed E-state index contributed by atoms with van der Waals surface area (Å²) in [6, 6.07) is 19.5. The van der Waals surface area contributed by atoms with Crippen molar-refractivity contribution in [3.63, 3.8) is 0 Å². The summed E-state index contributed by atoms with van der Waals surface area (Å²) in [7, 11) is 0. The van der Waals surface area contributed by atoms with Gasteiger partial charge in [0.2, 0.25) is 0 Å². The lowest BCUT2D eigenvalue weighted by atomic mass is 10.1. The van der Waals surface area contributed by atoms with Crippen LogP contribution in [0.4, 0.5) is 11.4 Å². The number of para-hydroxylation sites is 2. The maximum atomic E-state index is 13.5. The molecule has 0 saturated heterocycles. The van der Waals surface area contributed by atoms with Crippen LogP contribution in [0.1, 0.15) is 26.4 Å². The summed E-state index contributed by atoms with van der Waals surface area (Å²) in [6.07, 6.45) is 2.70. The number of hydrogen-bond donors (Lipinski definition) is 1. The summed E-state index contributed by atoms with van der Waals surface area (Å²) >= 11 is 24.7. The van der Waals surface area contributed by atoms with Gasteiger partial charge in [-0.15, -0.1) is 0 Å². The van der Waals surface area contributed by atoms with Gasteiger partial charge in [-0.05, 0) is 54.6 Å². The summed E-state index contributed by atoms with van der Waals surface area (Å²) in [5, 5.41) is 3.44. The van der Waals surface area contributed by atoms with Gasteiger partial charge in [0, 0.05) is 35.4 Å². The van der Waals surface area contributed by atoms with E-state index in [9.17, 15) is 9.59 Å². The second-order valence-electron chi connectivity index (χ2n) is 7.96. The molecule has 1 aliphatic heterocycles. The first-order valence-electron chi connectivity index (χ1n) is 10.7. The van der Waals surface area contributed by atoms with E-state index in [1.165, 1.54) is 12.1 Å². The molecule has 0 spiro atoms. The minimum Gasteiger partial charge on any atom is -0.321 e. The Morgan fingerprint density at radius 2 is 1.60 bits per heavy atom. The van der Waals surface area contributed by atoms with Crippen LogP contribution in [0.25, 0.3) is 5.69 Å². The molecule has 9 heteroatoms. The number of anilines is 2. The van der Waals surface area contributed by atoms with Crippen molar-refractivity contribution in [2.45, 2.75) is 6.42 Å². The Balaban J connectivity index is 1.42. The quantitative estimate of drug-likeness (QED) is 0.271. The largest absolute Gasteiger partial charge is 0.321 e. The van der Waals surface area contributed by atoms with Crippen LogP contribution in [0.15, 0.2) is 72.9 Å². The predicted octanol–water partition coefficient (Wildman–Crippen LogP) is 7.55. The highest BCUT2D eigenvalue weighted by Crippen LogP contribution is 2.33. The van der Waals surface area contributed by atoms with Gasteiger partial charge in [-0.1, -0.05) is 58.5 Å². The molecule has 1 N–H and O–H groups in total. The van der Waals surface area contributed by atoms with Crippen LogP contribution in [0, 0.1) is 0 Å². The molecule has 5 rings (SSSR count). The third-order valence-electron chi connectivity index (χ3n) is 5.80. The predicted molar refractivity (Wildman–Crippen MR) is 142 cm³/mol. The Bertz CT molecular complexity index is 1480. The van der Waals surface area contributed by atoms with Crippen LogP contribution >= 0.6 is 46.4 Å². The zero-order valence-electron chi connectivity index (χ0n) is 18.1. The number of carbonyl (C=O) groups is 2. The maximum absolute atomic E-state index is 13.5. The molecule has 176 valence electrons. The minimum atomic E-state index is -0.524. The highest BCUT2D eigenvalue weighted by atomic mass is 35.5. The van der Waals surface area contributed by atoms with Crippen molar-refractivity contribution >= 4 is 69.6 Å². The molecular weight excluding hydrogens is 528 g/mol. The lowest BCUT2D eigenvalue weighted by molar-refractivity contribution is 0.0986. The zero-order chi connectivity index (χ0) is 24.7.